The van der Waals surface area contributed by atoms with Crippen LogP contribution >= 0.6 is 0 Å². The Bertz CT molecular complexity index is 490. The van der Waals surface area contributed by atoms with Crippen LogP contribution in [0.5, 0.6) is 0 Å². The first-order chi connectivity index (χ1) is 9.49. The molecule has 2 aromatic rings. The molecule has 0 fully saturated rings. The minimum Gasteiger partial charge on any atom is -0.378 e. The summed E-state index contributed by atoms with van der Waals surface area (Å²) in [6, 6.07) is 15.4. The molecule has 20 heavy (non-hydrogen) atoms. The van der Waals surface area contributed by atoms with Gasteiger partial charge in [-0.25, -0.2) is 0 Å². The van der Waals surface area contributed by atoms with Crippen molar-refractivity contribution in [1.29, 1.82) is 0 Å². The van der Waals surface area contributed by atoms with E-state index in [9.17, 15) is 5.73 Å². The molecule has 2 radical (unpaired) electrons. The highest BCUT2D eigenvalue weighted by atomic mass is 15.1. The van der Waals surface area contributed by atoms with Crippen LogP contribution in [0.3, 0.4) is 0 Å². The topological polar surface area (TPSA) is 28.8 Å². The van der Waals surface area contributed by atoms with Gasteiger partial charge in [-0.3, -0.25) is 0 Å². The van der Waals surface area contributed by atoms with Gasteiger partial charge in [-0.05, 0) is 35.4 Å². The Morgan fingerprint density at radius 1 is 0.650 bits per heavy atom. The number of benzene rings is 2. The van der Waals surface area contributed by atoms with Crippen molar-refractivity contribution in [3.8, 4) is 0 Å². The Kier molecular flexibility index (Phi) is 4.30. The van der Waals surface area contributed by atoms with Crippen molar-refractivity contribution >= 4 is 11.4 Å². The maximum absolute atomic E-state index is 10.4. The zero-order valence-electron chi connectivity index (χ0n) is 12.5. The van der Waals surface area contributed by atoms with E-state index in [1.54, 1.807) is 0 Å². The van der Waals surface area contributed by atoms with Gasteiger partial charge >= 0.3 is 0 Å². The summed E-state index contributed by atoms with van der Waals surface area (Å²) < 4.78 is 0. The standard InChI is InChI=1S/C17H21N3/c1-19(2)15-9-5-13(6-10-15)17(18)14-7-11-16(12-8-14)20(3)4/h5-12,17H,1-4H3. The van der Waals surface area contributed by atoms with Crippen LogP contribution in [0.1, 0.15) is 17.2 Å². The lowest BCUT2D eigenvalue weighted by molar-refractivity contribution is 0.838. The number of nitrogens with zero attached hydrogens (tertiary/aromatic N) is 3. The lowest BCUT2D eigenvalue weighted by Gasteiger charge is -2.16. The van der Waals surface area contributed by atoms with Crippen molar-refractivity contribution in [1.82, 2.24) is 5.73 Å². The SMILES string of the molecule is CN(C)c1ccc(C([N])c2ccc(N(C)C)cc2)cc1. The fraction of sp³-hybridized carbons (Fsp3) is 0.294. The summed E-state index contributed by atoms with van der Waals surface area (Å²) in [4.78, 5) is 4.09. The molecule has 0 unspecified atom stereocenters. The molecule has 0 aliphatic carbocycles. The van der Waals surface area contributed by atoms with Crippen molar-refractivity contribution in [3.05, 3.63) is 59.7 Å². The molecule has 2 aromatic carbocycles. The molecule has 0 bridgehead atoms. The van der Waals surface area contributed by atoms with Crippen LogP contribution < -0.4 is 15.5 Å². The molecule has 0 saturated heterocycles. The largest absolute Gasteiger partial charge is 0.378 e. The van der Waals surface area contributed by atoms with Gasteiger partial charge in [-0.2, -0.15) is 0 Å². The summed E-state index contributed by atoms with van der Waals surface area (Å²) in [6.45, 7) is 0. The molecule has 0 heterocycles. The minimum atomic E-state index is -0.581. The first-order valence-electron chi connectivity index (χ1n) is 6.71. The van der Waals surface area contributed by atoms with Crippen LogP contribution in [0.4, 0.5) is 11.4 Å². The quantitative estimate of drug-likeness (QED) is 0.852. The first kappa shape index (κ1) is 14.4. The molecule has 0 atom stereocenters. The number of rotatable bonds is 4. The summed E-state index contributed by atoms with van der Waals surface area (Å²) in [5.74, 6) is 0. The molecule has 0 aliphatic rings. The summed E-state index contributed by atoms with van der Waals surface area (Å²) >= 11 is 0. The molecular weight excluding hydrogens is 246 g/mol. The molecule has 104 valence electrons. The molecule has 2 rings (SSSR count). The van der Waals surface area contributed by atoms with Crippen molar-refractivity contribution in [2.75, 3.05) is 38.0 Å². The minimum absolute atomic E-state index is 0.581. The molecule has 0 aromatic heterocycles. The second-order valence-electron chi connectivity index (χ2n) is 5.37. The average Bonchev–Trinajstić information content (AvgIpc) is 2.46. The second kappa shape index (κ2) is 5.97. The molecule has 0 amide bonds. The third-order valence-electron chi connectivity index (χ3n) is 3.45. The smallest absolute Gasteiger partial charge is 0.0933 e. The van der Waals surface area contributed by atoms with E-state index in [0.29, 0.717) is 0 Å². The zero-order valence-corrected chi connectivity index (χ0v) is 12.5. The van der Waals surface area contributed by atoms with E-state index in [1.807, 2.05) is 86.5 Å². The summed E-state index contributed by atoms with van der Waals surface area (Å²) in [7, 11) is 8.02. The van der Waals surface area contributed by atoms with Gasteiger partial charge in [0.2, 0.25) is 0 Å². The van der Waals surface area contributed by atoms with E-state index in [1.165, 1.54) is 0 Å². The Balaban J connectivity index is 2.19. The van der Waals surface area contributed by atoms with Gasteiger partial charge < -0.3 is 9.80 Å². The van der Waals surface area contributed by atoms with E-state index < -0.39 is 6.04 Å². The van der Waals surface area contributed by atoms with E-state index in [2.05, 4.69) is 0 Å². The third-order valence-corrected chi connectivity index (χ3v) is 3.45. The van der Waals surface area contributed by atoms with E-state index in [-0.39, 0.29) is 0 Å². The van der Waals surface area contributed by atoms with Crippen LogP contribution in [0.15, 0.2) is 48.5 Å². The van der Waals surface area contributed by atoms with Gasteiger partial charge in [-0.15, -0.1) is 5.73 Å². The predicted octanol–water partition coefficient (Wildman–Crippen LogP) is 2.98. The second-order valence-corrected chi connectivity index (χ2v) is 5.37. The Morgan fingerprint density at radius 2 is 0.950 bits per heavy atom. The van der Waals surface area contributed by atoms with E-state index >= 15 is 0 Å². The van der Waals surface area contributed by atoms with Crippen LogP contribution in [0.25, 0.3) is 0 Å². The first-order valence-corrected chi connectivity index (χ1v) is 6.71. The number of hydrogen-bond acceptors (Lipinski definition) is 2. The normalized spacial score (nSPS) is 10.7. The molecule has 0 saturated carbocycles. The van der Waals surface area contributed by atoms with Crippen molar-refractivity contribution < 1.29 is 0 Å². The lowest BCUT2D eigenvalue weighted by Crippen LogP contribution is -2.10. The van der Waals surface area contributed by atoms with E-state index in [0.717, 1.165) is 22.5 Å². The van der Waals surface area contributed by atoms with Crippen LogP contribution in [-0.4, -0.2) is 28.2 Å². The molecule has 0 N–H and O–H groups in total. The van der Waals surface area contributed by atoms with Crippen LogP contribution in [0.2, 0.25) is 0 Å². The van der Waals surface area contributed by atoms with Crippen molar-refractivity contribution in [2.45, 2.75) is 6.04 Å². The molecule has 3 nitrogen and oxygen atoms in total. The fourth-order valence-corrected chi connectivity index (χ4v) is 2.10. The van der Waals surface area contributed by atoms with Gasteiger partial charge in [0.05, 0.1) is 6.04 Å². The maximum Gasteiger partial charge on any atom is 0.0933 e. The van der Waals surface area contributed by atoms with Gasteiger partial charge in [0, 0.05) is 39.6 Å². The molecule has 0 aliphatic heterocycles. The Hall–Kier alpha value is -2.00. The fourth-order valence-electron chi connectivity index (χ4n) is 2.10. The maximum atomic E-state index is 10.4. The van der Waals surface area contributed by atoms with Gasteiger partial charge in [0.25, 0.3) is 0 Å². The monoisotopic (exact) mass is 267 g/mol. The van der Waals surface area contributed by atoms with Gasteiger partial charge in [0.1, 0.15) is 0 Å². The number of anilines is 2. The zero-order chi connectivity index (χ0) is 14.7. The highest BCUT2D eigenvalue weighted by Gasteiger charge is 2.11. The van der Waals surface area contributed by atoms with Gasteiger partial charge in [0.15, 0.2) is 0 Å². The third kappa shape index (κ3) is 3.11. The predicted molar refractivity (Wildman–Crippen MR) is 85.5 cm³/mol. The highest BCUT2D eigenvalue weighted by Crippen LogP contribution is 2.24. The van der Waals surface area contributed by atoms with Crippen molar-refractivity contribution in [3.63, 3.8) is 0 Å². The lowest BCUT2D eigenvalue weighted by atomic mass is 9.99. The Labute approximate surface area is 121 Å². The molecule has 0 spiro atoms. The van der Waals surface area contributed by atoms with Crippen molar-refractivity contribution in [2.24, 2.45) is 0 Å². The summed E-state index contributed by atoms with van der Waals surface area (Å²) in [6.07, 6.45) is 0. The molecule has 3 heteroatoms. The highest BCUT2D eigenvalue weighted by molar-refractivity contribution is 5.50. The van der Waals surface area contributed by atoms with E-state index in [4.69, 9.17) is 0 Å². The average molecular weight is 267 g/mol. The molecular formula is C17H21N3. The summed E-state index contributed by atoms with van der Waals surface area (Å²) in [5.41, 5.74) is 14.5. The Morgan fingerprint density at radius 3 is 1.20 bits per heavy atom. The van der Waals surface area contributed by atoms with Crippen LogP contribution in [0, 0.1) is 0 Å². The van der Waals surface area contributed by atoms with Crippen LogP contribution in [-0.2, 0) is 0 Å². The summed E-state index contributed by atoms with van der Waals surface area (Å²) in [5, 5.41) is 0. The number of hydrogen-bond donors (Lipinski definition) is 0. The van der Waals surface area contributed by atoms with Gasteiger partial charge in [-0.1, -0.05) is 24.3 Å².